The summed E-state index contributed by atoms with van der Waals surface area (Å²) in [6.07, 6.45) is 4.88. The third kappa shape index (κ3) is 5.51. The normalized spacial score (nSPS) is 18.8. The highest BCUT2D eigenvalue weighted by atomic mass is 79.9. The van der Waals surface area contributed by atoms with E-state index >= 15 is 0 Å². The largest absolute Gasteiger partial charge is 0.491 e. The van der Waals surface area contributed by atoms with Crippen molar-refractivity contribution in [3.63, 3.8) is 0 Å². The van der Waals surface area contributed by atoms with E-state index in [0.29, 0.717) is 6.61 Å². The molecule has 1 aliphatic rings. The quantitative estimate of drug-likeness (QED) is 0.861. The van der Waals surface area contributed by atoms with Gasteiger partial charge in [-0.2, -0.15) is 0 Å². The Kier molecular flexibility index (Phi) is 6.14. The van der Waals surface area contributed by atoms with Crippen molar-refractivity contribution in [1.82, 2.24) is 0 Å². The highest BCUT2D eigenvalue weighted by Crippen LogP contribution is 2.16. The van der Waals surface area contributed by atoms with Gasteiger partial charge in [-0.05, 0) is 49.9 Å². The SMILES string of the molecule is O[C@H](COc1ccc(Br)cc1)C[NH+]1CCCCCC1. The van der Waals surface area contributed by atoms with Gasteiger partial charge in [0.15, 0.2) is 0 Å². The third-order valence-corrected chi connectivity index (χ3v) is 4.12. The molecule has 106 valence electrons. The fourth-order valence-corrected chi connectivity index (χ4v) is 2.81. The molecule has 2 rings (SSSR count). The van der Waals surface area contributed by atoms with Crippen LogP contribution in [0, 0.1) is 0 Å². The Hall–Kier alpha value is -0.580. The molecular weight excluding hydrogens is 306 g/mol. The highest BCUT2D eigenvalue weighted by Gasteiger charge is 2.17. The minimum atomic E-state index is -0.378. The molecule has 4 heteroatoms. The summed E-state index contributed by atoms with van der Waals surface area (Å²) >= 11 is 3.39. The molecular formula is C15H23BrNO2+. The number of aliphatic hydroxyl groups excluding tert-OH is 1. The molecule has 0 spiro atoms. The van der Waals surface area contributed by atoms with Crippen molar-refractivity contribution in [2.45, 2.75) is 31.8 Å². The number of hydrogen-bond donors (Lipinski definition) is 2. The zero-order chi connectivity index (χ0) is 13.5. The van der Waals surface area contributed by atoms with E-state index in [1.165, 1.54) is 43.7 Å². The smallest absolute Gasteiger partial charge is 0.137 e. The van der Waals surface area contributed by atoms with Crippen molar-refractivity contribution >= 4 is 15.9 Å². The first kappa shape index (κ1) is 14.8. The van der Waals surface area contributed by atoms with E-state index in [2.05, 4.69) is 15.9 Å². The predicted molar refractivity (Wildman–Crippen MR) is 79.7 cm³/mol. The number of halogens is 1. The Morgan fingerprint density at radius 1 is 1.11 bits per heavy atom. The lowest BCUT2D eigenvalue weighted by molar-refractivity contribution is -0.902. The lowest BCUT2D eigenvalue weighted by Gasteiger charge is -2.20. The number of quaternary nitrogens is 1. The van der Waals surface area contributed by atoms with Gasteiger partial charge >= 0.3 is 0 Å². The monoisotopic (exact) mass is 328 g/mol. The molecule has 0 amide bonds. The van der Waals surface area contributed by atoms with Crippen LogP contribution in [0.15, 0.2) is 28.7 Å². The summed E-state index contributed by atoms with van der Waals surface area (Å²) in [5.74, 6) is 0.813. The molecule has 1 aliphatic heterocycles. The molecule has 1 aromatic rings. The summed E-state index contributed by atoms with van der Waals surface area (Å²) in [4.78, 5) is 1.52. The molecule has 1 saturated heterocycles. The van der Waals surface area contributed by atoms with E-state index in [4.69, 9.17) is 4.74 Å². The van der Waals surface area contributed by atoms with Gasteiger partial charge in [0.25, 0.3) is 0 Å². The number of rotatable bonds is 5. The minimum absolute atomic E-state index is 0.378. The standard InChI is InChI=1S/C15H22BrNO2/c16-13-5-7-15(8-6-13)19-12-14(18)11-17-9-3-1-2-4-10-17/h5-8,14,18H,1-4,9-12H2/p+1/t14-/m0/s1. The molecule has 3 nitrogen and oxygen atoms in total. The number of benzene rings is 1. The van der Waals surface area contributed by atoms with Crippen LogP contribution in [0.1, 0.15) is 25.7 Å². The van der Waals surface area contributed by atoms with Gasteiger partial charge < -0.3 is 14.7 Å². The van der Waals surface area contributed by atoms with Gasteiger partial charge in [0.2, 0.25) is 0 Å². The Bertz CT molecular complexity index is 361. The molecule has 0 unspecified atom stereocenters. The van der Waals surface area contributed by atoms with Crippen LogP contribution in [0.5, 0.6) is 5.75 Å². The summed E-state index contributed by atoms with van der Waals surface area (Å²) in [6.45, 7) is 3.56. The van der Waals surface area contributed by atoms with Crippen molar-refractivity contribution in [2.24, 2.45) is 0 Å². The average molecular weight is 329 g/mol. The van der Waals surface area contributed by atoms with Gasteiger partial charge in [0.05, 0.1) is 13.1 Å². The van der Waals surface area contributed by atoms with E-state index in [1.807, 2.05) is 24.3 Å². The zero-order valence-corrected chi connectivity index (χ0v) is 12.9. The molecule has 1 heterocycles. The summed E-state index contributed by atoms with van der Waals surface area (Å²) in [6, 6.07) is 7.72. The van der Waals surface area contributed by atoms with Gasteiger partial charge in [-0.15, -0.1) is 0 Å². The maximum atomic E-state index is 10.1. The van der Waals surface area contributed by atoms with Gasteiger partial charge in [-0.1, -0.05) is 15.9 Å². The van der Waals surface area contributed by atoms with Crippen molar-refractivity contribution < 1.29 is 14.7 Å². The van der Waals surface area contributed by atoms with Gasteiger partial charge in [-0.25, -0.2) is 0 Å². The molecule has 19 heavy (non-hydrogen) atoms. The van der Waals surface area contributed by atoms with Crippen LogP contribution in [0.4, 0.5) is 0 Å². The average Bonchev–Trinajstić information content (AvgIpc) is 2.67. The maximum Gasteiger partial charge on any atom is 0.137 e. The van der Waals surface area contributed by atoms with Crippen LogP contribution >= 0.6 is 15.9 Å². The van der Waals surface area contributed by atoms with Crippen molar-refractivity contribution in [3.05, 3.63) is 28.7 Å². The summed E-state index contributed by atoms with van der Waals surface area (Å²) in [5, 5.41) is 10.1. The van der Waals surface area contributed by atoms with Crippen LogP contribution in [0.2, 0.25) is 0 Å². The zero-order valence-electron chi connectivity index (χ0n) is 11.3. The number of ether oxygens (including phenoxy) is 1. The fraction of sp³-hybridized carbons (Fsp3) is 0.600. The van der Waals surface area contributed by atoms with Gasteiger partial charge in [0, 0.05) is 4.47 Å². The summed E-state index contributed by atoms with van der Waals surface area (Å²) in [5.41, 5.74) is 0. The molecule has 2 N–H and O–H groups in total. The van der Waals surface area contributed by atoms with Crippen LogP contribution in [0.3, 0.4) is 0 Å². The second kappa shape index (κ2) is 7.88. The summed E-state index contributed by atoms with van der Waals surface area (Å²) < 4.78 is 6.65. The van der Waals surface area contributed by atoms with Crippen molar-refractivity contribution in [1.29, 1.82) is 0 Å². The topological polar surface area (TPSA) is 33.9 Å². The number of nitrogens with one attached hydrogen (secondary N) is 1. The molecule has 1 aromatic carbocycles. The third-order valence-electron chi connectivity index (χ3n) is 3.59. The lowest BCUT2D eigenvalue weighted by atomic mass is 10.2. The second-order valence-electron chi connectivity index (χ2n) is 5.29. The molecule has 0 saturated carbocycles. The number of aliphatic hydroxyl groups is 1. The van der Waals surface area contributed by atoms with Crippen LogP contribution in [0.25, 0.3) is 0 Å². The number of hydrogen-bond acceptors (Lipinski definition) is 2. The number of likely N-dealkylation sites (tertiary alicyclic amines) is 1. The van der Waals surface area contributed by atoms with Crippen molar-refractivity contribution in [2.75, 3.05) is 26.2 Å². The molecule has 1 fully saturated rings. The Morgan fingerprint density at radius 2 is 1.74 bits per heavy atom. The first-order valence-corrected chi connectivity index (χ1v) is 7.93. The van der Waals surface area contributed by atoms with Crippen LogP contribution in [-0.4, -0.2) is 37.5 Å². The Morgan fingerprint density at radius 3 is 2.37 bits per heavy atom. The van der Waals surface area contributed by atoms with E-state index < -0.39 is 0 Å². The highest BCUT2D eigenvalue weighted by molar-refractivity contribution is 9.10. The molecule has 0 aliphatic carbocycles. The summed E-state index contributed by atoms with van der Waals surface area (Å²) in [7, 11) is 0. The van der Waals surface area contributed by atoms with E-state index in [-0.39, 0.29) is 6.10 Å². The minimum Gasteiger partial charge on any atom is -0.491 e. The Labute approximate surface area is 123 Å². The first-order chi connectivity index (χ1) is 9.24. The first-order valence-electron chi connectivity index (χ1n) is 7.14. The molecule has 0 aromatic heterocycles. The van der Waals surface area contributed by atoms with Crippen molar-refractivity contribution in [3.8, 4) is 5.75 Å². The maximum absolute atomic E-state index is 10.1. The molecule has 0 bridgehead atoms. The van der Waals surface area contributed by atoms with E-state index in [0.717, 1.165) is 16.8 Å². The fourth-order valence-electron chi connectivity index (χ4n) is 2.55. The van der Waals surface area contributed by atoms with Gasteiger partial charge in [-0.3, -0.25) is 0 Å². The van der Waals surface area contributed by atoms with Gasteiger partial charge in [0.1, 0.15) is 25.0 Å². The predicted octanol–water partition coefficient (Wildman–Crippen LogP) is 1.65. The van der Waals surface area contributed by atoms with Crippen LogP contribution in [-0.2, 0) is 0 Å². The van der Waals surface area contributed by atoms with E-state index in [1.54, 1.807) is 0 Å². The molecule has 0 radical (unpaired) electrons. The lowest BCUT2D eigenvalue weighted by Crippen LogP contribution is -3.13. The van der Waals surface area contributed by atoms with E-state index in [9.17, 15) is 5.11 Å². The second-order valence-corrected chi connectivity index (χ2v) is 6.20. The van der Waals surface area contributed by atoms with Crippen LogP contribution < -0.4 is 9.64 Å². The Balaban J connectivity index is 1.71. The molecule has 1 atom stereocenters.